The summed E-state index contributed by atoms with van der Waals surface area (Å²) in [5.41, 5.74) is -0.234. The van der Waals surface area contributed by atoms with Gasteiger partial charge in [-0.2, -0.15) is 4.98 Å². The lowest BCUT2D eigenvalue weighted by molar-refractivity contribution is 0.0886. The van der Waals surface area contributed by atoms with Gasteiger partial charge in [0.25, 0.3) is 5.91 Å². The molecule has 9 heteroatoms. The first-order valence-corrected chi connectivity index (χ1v) is 9.86. The molecule has 5 rings (SSSR count). The van der Waals surface area contributed by atoms with E-state index in [1.165, 1.54) is 0 Å². The molecule has 2 saturated carbocycles. The second-order valence-corrected chi connectivity index (χ2v) is 8.03. The normalized spacial score (nSPS) is 24.4. The van der Waals surface area contributed by atoms with Crippen molar-refractivity contribution in [2.45, 2.75) is 62.9 Å². The largest absolute Gasteiger partial charge is 0.381 e. The molecule has 1 unspecified atom stereocenters. The molecule has 0 bridgehead atoms. The molecule has 2 aliphatic carbocycles. The highest BCUT2D eigenvalue weighted by molar-refractivity contribution is 5.92. The average Bonchev–Trinajstić information content (AvgIpc) is 3.19. The maximum Gasteiger partial charge on any atom is 0.274 e. The molecule has 3 fully saturated rings. The number of rotatable bonds is 6. The molecular weight excluding hydrogens is 348 g/mol. The van der Waals surface area contributed by atoms with Crippen molar-refractivity contribution in [2.24, 2.45) is 5.92 Å². The van der Waals surface area contributed by atoms with Crippen molar-refractivity contribution in [3.8, 4) is 0 Å². The predicted octanol–water partition coefficient (Wildman–Crippen LogP) is 1.77. The van der Waals surface area contributed by atoms with E-state index in [2.05, 4.69) is 25.8 Å². The van der Waals surface area contributed by atoms with E-state index >= 15 is 0 Å². The van der Waals surface area contributed by atoms with Crippen molar-refractivity contribution in [3.05, 3.63) is 23.6 Å². The van der Waals surface area contributed by atoms with Crippen molar-refractivity contribution >= 4 is 5.91 Å². The lowest BCUT2D eigenvalue weighted by Gasteiger charge is -2.26. The van der Waals surface area contributed by atoms with E-state index in [0.717, 1.165) is 64.7 Å². The molecule has 1 aliphatic heterocycles. The Labute approximate surface area is 156 Å². The van der Waals surface area contributed by atoms with E-state index in [0.29, 0.717) is 29.2 Å². The van der Waals surface area contributed by atoms with Gasteiger partial charge >= 0.3 is 0 Å². The van der Waals surface area contributed by atoms with Crippen LogP contribution in [-0.2, 0) is 16.8 Å². The summed E-state index contributed by atoms with van der Waals surface area (Å²) in [5.74, 6) is 1.91. The minimum atomic E-state index is -0.559. The first-order valence-electron chi connectivity index (χ1n) is 9.86. The highest BCUT2D eigenvalue weighted by Crippen LogP contribution is 2.42. The van der Waals surface area contributed by atoms with Crippen LogP contribution >= 0.6 is 0 Å². The molecule has 0 aromatic carbocycles. The molecule has 9 nitrogen and oxygen atoms in total. The van der Waals surface area contributed by atoms with Crippen LogP contribution in [0.5, 0.6) is 0 Å². The lowest BCUT2D eigenvalue weighted by atomic mass is 9.96. The van der Waals surface area contributed by atoms with Crippen LogP contribution in [0.15, 0.2) is 10.7 Å². The van der Waals surface area contributed by atoms with Gasteiger partial charge in [0, 0.05) is 25.0 Å². The number of hydrogen-bond acceptors (Lipinski definition) is 7. The summed E-state index contributed by atoms with van der Waals surface area (Å²) < 4.78 is 12.6. The molecule has 1 saturated heterocycles. The molecular formula is C18H24N6O3. The Morgan fingerprint density at radius 1 is 1.30 bits per heavy atom. The van der Waals surface area contributed by atoms with E-state index in [1.807, 2.05) is 0 Å². The Bertz CT molecular complexity index is 815. The number of carbonyl (C=O) groups excluding carboxylic acids is 1. The average molecular weight is 372 g/mol. The van der Waals surface area contributed by atoms with Gasteiger partial charge in [-0.05, 0) is 32.1 Å². The van der Waals surface area contributed by atoms with Gasteiger partial charge in [0.2, 0.25) is 5.89 Å². The summed E-state index contributed by atoms with van der Waals surface area (Å²) in [7, 11) is 0. The van der Waals surface area contributed by atoms with Gasteiger partial charge in [-0.3, -0.25) is 9.48 Å². The van der Waals surface area contributed by atoms with Crippen LogP contribution in [-0.4, -0.2) is 44.3 Å². The molecule has 1 atom stereocenters. The van der Waals surface area contributed by atoms with Crippen LogP contribution < -0.4 is 5.32 Å². The molecule has 27 heavy (non-hydrogen) atoms. The second-order valence-electron chi connectivity index (χ2n) is 8.03. The monoisotopic (exact) mass is 372 g/mol. The van der Waals surface area contributed by atoms with Crippen LogP contribution in [0.1, 0.15) is 73.1 Å². The van der Waals surface area contributed by atoms with Gasteiger partial charge in [0.05, 0.1) is 12.8 Å². The van der Waals surface area contributed by atoms with Gasteiger partial charge in [0.15, 0.2) is 11.5 Å². The first kappa shape index (κ1) is 16.9. The highest BCUT2D eigenvalue weighted by atomic mass is 16.5. The maximum absolute atomic E-state index is 12.8. The molecule has 1 amide bonds. The highest BCUT2D eigenvalue weighted by Gasteiger charge is 2.43. The van der Waals surface area contributed by atoms with E-state index < -0.39 is 5.54 Å². The summed E-state index contributed by atoms with van der Waals surface area (Å²) in [4.78, 5) is 17.4. The fraction of sp³-hybridized carbons (Fsp3) is 0.722. The van der Waals surface area contributed by atoms with Gasteiger partial charge in [-0.15, -0.1) is 5.10 Å². The van der Waals surface area contributed by atoms with Gasteiger partial charge in [-0.25, -0.2) is 0 Å². The topological polar surface area (TPSA) is 108 Å². The fourth-order valence-corrected chi connectivity index (χ4v) is 4.07. The van der Waals surface area contributed by atoms with Crippen LogP contribution in [0.25, 0.3) is 0 Å². The van der Waals surface area contributed by atoms with Crippen LogP contribution in [0, 0.1) is 5.92 Å². The SMILES string of the molecule is O=C(NC1(c2noc(C3CC3)n2)CCCC1)c1cn(CC2CCOC2)nn1. The number of nitrogens with one attached hydrogen (secondary N) is 1. The Hall–Kier alpha value is -2.29. The molecule has 0 spiro atoms. The van der Waals surface area contributed by atoms with Crippen LogP contribution in [0.2, 0.25) is 0 Å². The Kier molecular flexibility index (Phi) is 4.18. The smallest absolute Gasteiger partial charge is 0.274 e. The van der Waals surface area contributed by atoms with Gasteiger partial charge in [0.1, 0.15) is 5.54 Å². The van der Waals surface area contributed by atoms with E-state index in [4.69, 9.17) is 9.26 Å². The standard InChI is InChI=1S/C18H24N6O3/c25-15(14-10-24(23-21-14)9-12-5-8-26-11-12)20-18(6-1-2-7-18)17-19-16(27-22-17)13-3-4-13/h10,12-13H,1-9,11H2,(H,20,25). The number of aromatic nitrogens is 5. The maximum atomic E-state index is 12.8. The number of nitrogens with zero attached hydrogens (tertiary/aromatic N) is 5. The number of amides is 1. The minimum Gasteiger partial charge on any atom is -0.381 e. The van der Waals surface area contributed by atoms with Crippen molar-refractivity contribution in [3.63, 3.8) is 0 Å². The lowest BCUT2D eigenvalue weighted by Crippen LogP contribution is -2.44. The zero-order chi connectivity index (χ0) is 18.3. The third kappa shape index (κ3) is 3.36. The number of carbonyl (C=O) groups is 1. The van der Waals surface area contributed by atoms with Gasteiger partial charge < -0.3 is 14.6 Å². The van der Waals surface area contributed by atoms with Crippen molar-refractivity contribution < 1.29 is 14.1 Å². The Morgan fingerprint density at radius 3 is 2.89 bits per heavy atom. The predicted molar refractivity (Wildman–Crippen MR) is 92.8 cm³/mol. The zero-order valence-corrected chi connectivity index (χ0v) is 15.3. The quantitative estimate of drug-likeness (QED) is 0.823. The molecule has 1 N–H and O–H groups in total. The molecule has 3 heterocycles. The first-order chi connectivity index (χ1) is 13.2. The molecule has 0 radical (unpaired) electrons. The zero-order valence-electron chi connectivity index (χ0n) is 15.3. The summed E-state index contributed by atoms with van der Waals surface area (Å²) in [6.45, 7) is 2.26. The Morgan fingerprint density at radius 2 is 2.15 bits per heavy atom. The van der Waals surface area contributed by atoms with Crippen LogP contribution in [0.4, 0.5) is 0 Å². The van der Waals surface area contributed by atoms with Gasteiger partial charge in [-0.1, -0.05) is 23.2 Å². The third-order valence-corrected chi connectivity index (χ3v) is 5.85. The second kappa shape index (κ2) is 6.70. The number of hydrogen-bond donors (Lipinski definition) is 1. The Balaban J connectivity index is 1.30. The third-order valence-electron chi connectivity index (χ3n) is 5.85. The fourth-order valence-electron chi connectivity index (χ4n) is 4.07. The van der Waals surface area contributed by atoms with E-state index in [1.54, 1.807) is 10.9 Å². The van der Waals surface area contributed by atoms with Crippen molar-refractivity contribution in [1.82, 2.24) is 30.5 Å². The molecule has 144 valence electrons. The molecule has 2 aromatic heterocycles. The van der Waals surface area contributed by atoms with Crippen molar-refractivity contribution in [1.29, 1.82) is 0 Å². The summed E-state index contributed by atoms with van der Waals surface area (Å²) in [5, 5.41) is 15.5. The van der Waals surface area contributed by atoms with E-state index in [-0.39, 0.29) is 5.91 Å². The molecule has 3 aliphatic rings. The van der Waals surface area contributed by atoms with Crippen LogP contribution in [0.3, 0.4) is 0 Å². The summed E-state index contributed by atoms with van der Waals surface area (Å²) in [6.07, 6.45) is 8.63. The molecule has 2 aromatic rings. The summed E-state index contributed by atoms with van der Waals surface area (Å²) in [6, 6.07) is 0. The van der Waals surface area contributed by atoms with Crippen molar-refractivity contribution in [2.75, 3.05) is 13.2 Å². The summed E-state index contributed by atoms with van der Waals surface area (Å²) >= 11 is 0. The minimum absolute atomic E-state index is 0.233. The van der Waals surface area contributed by atoms with E-state index in [9.17, 15) is 4.79 Å². The number of ether oxygens (including phenoxy) is 1.